The molecule has 0 aromatic carbocycles. The van der Waals surface area contributed by atoms with Gasteiger partial charge in [0, 0.05) is 25.2 Å². The number of fused-ring (bicyclic) bond motifs is 2. The molecule has 2 atom stereocenters. The standard InChI is InChI=1S/C12H21N3O3/c1-12(2,3)18-11(17)15-6-8-4-9(15)5-14(8)7-10(13)16/h8-9H,4-7H2,1-3H3,(H2,13,16)/t8-,9-/m1/s1. The summed E-state index contributed by atoms with van der Waals surface area (Å²) in [5.41, 5.74) is 4.73. The van der Waals surface area contributed by atoms with E-state index in [0.29, 0.717) is 13.1 Å². The highest BCUT2D eigenvalue weighted by Crippen LogP contribution is 2.31. The topological polar surface area (TPSA) is 75.9 Å². The third kappa shape index (κ3) is 2.75. The summed E-state index contributed by atoms with van der Waals surface area (Å²) in [4.78, 5) is 26.7. The van der Waals surface area contributed by atoms with E-state index in [4.69, 9.17) is 10.5 Å². The van der Waals surface area contributed by atoms with Crippen molar-refractivity contribution >= 4 is 12.0 Å². The Hall–Kier alpha value is -1.30. The molecule has 2 aliphatic heterocycles. The summed E-state index contributed by atoms with van der Waals surface area (Å²) in [6, 6.07) is 0.402. The average Bonchev–Trinajstić information content (AvgIpc) is 2.72. The molecule has 2 bridgehead atoms. The first-order valence-electron chi connectivity index (χ1n) is 6.28. The van der Waals surface area contributed by atoms with Gasteiger partial charge in [-0.15, -0.1) is 0 Å². The van der Waals surface area contributed by atoms with Crippen LogP contribution in [-0.2, 0) is 9.53 Å². The van der Waals surface area contributed by atoms with Crippen LogP contribution in [0.1, 0.15) is 27.2 Å². The number of likely N-dealkylation sites (tertiary alicyclic amines) is 2. The number of piperazine rings is 1. The quantitative estimate of drug-likeness (QED) is 0.763. The molecule has 2 fully saturated rings. The normalized spacial score (nSPS) is 27.6. The second kappa shape index (κ2) is 4.42. The van der Waals surface area contributed by atoms with Gasteiger partial charge in [-0.25, -0.2) is 4.79 Å². The molecule has 2 heterocycles. The Morgan fingerprint density at radius 3 is 2.39 bits per heavy atom. The monoisotopic (exact) mass is 255 g/mol. The maximum absolute atomic E-state index is 12.0. The van der Waals surface area contributed by atoms with Gasteiger partial charge in [0.05, 0.1) is 6.54 Å². The summed E-state index contributed by atoms with van der Waals surface area (Å²) in [5, 5.41) is 0. The smallest absolute Gasteiger partial charge is 0.410 e. The van der Waals surface area contributed by atoms with Crippen molar-refractivity contribution < 1.29 is 14.3 Å². The molecule has 2 saturated heterocycles. The van der Waals surface area contributed by atoms with Gasteiger partial charge in [0.15, 0.2) is 0 Å². The van der Waals surface area contributed by atoms with Gasteiger partial charge in [-0.1, -0.05) is 0 Å². The molecule has 0 saturated carbocycles. The Labute approximate surface area is 107 Å². The van der Waals surface area contributed by atoms with Crippen molar-refractivity contribution in [1.29, 1.82) is 0 Å². The molecule has 0 aromatic heterocycles. The lowest BCUT2D eigenvalue weighted by molar-refractivity contribution is -0.119. The SMILES string of the molecule is CC(C)(C)OC(=O)N1C[C@H]2C[C@@H]1CN2CC(N)=O. The van der Waals surface area contributed by atoms with E-state index >= 15 is 0 Å². The van der Waals surface area contributed by atoms with Crippen LogP contribution < -0.4 is 5.73 Å². The molecule has 2 aliphatic rings. The van der Waals surface area contributed by atoms with Crippen LogP contribution in [0.4, 0.5) is 4.79 Å². The molecule has 6 heteroatoms. The van der Waals surface area contributed by atoms with Crippen molar-refractivity contribution in [2.75, 3.05) is 19.6 Å². The lowest BCUT2D eigenvalue weighted by Gasteiger charge is -2.34. The summed E-state index contributed by atoms with van der Waals surface area (Å²) in [5.74, 6) is -0.314. The largest absolute Gasteiger partial charge is 0.444 e. The van der Waals surface area contributed by atoms with Crippen molar-refractivity contribution in [2.45, 2.75) is 44.9 Å². The van der Waals surface area contributed by atoms with Crippen LogP contribution in [0.2, 0.25) is 0 Å². The number of carbonyl (C=O) groups excluding carboxylic acids is 2. The Morgan fingerprint density at radius 1 is 1.28 bits per heavy atom. The molecule has 0 spiro atoms. The zero-order valence-electron chi connectivity index (χ0n) is 11.2. The second-order valence-electron chi connectivity index (χ2n) is 6.07. The van der Waals surface area contributed by atoms with E-state index in [-0.39, 0.29) is 30.6 Å². The highest BCUT2D eigenvalue weighted by Gasteiger charge is 2.46. The molecule has 18 heavy (non-hydrogen) atoms. The van der Waals surface area contributed by atoms with Crippen LogP contribution in [0.3, 0.4) is 0 Å². The lowest BCUT2D eigenvalue weighted by Crippen LogP contribution is -2.51. The van der Waals surface area contributed by atoms with Gasteiger partial charge < -0.3 is 15.4 Å². The predicted octanol–water partition coefficient (Wildman–Crippen LogP) is 0.165. The van der Waals surface area contributed by atoms with Crippen molar-refractivity contribution in [2.24, 2.45) is 5.73 Å². The van der Waals surface area contributed by atoms with Crippen molar-refractivity contribution in [1.82, 2.24) is 9.80 Å². The summed E-state index contributed by atoms with van der Waals surface area (Å²) < 4.78 is 5.37. The molecule has 0 unspecified atom stereocenters. The van der Waals surface area contributed by atoms with Crippen LogP contribution in [0, 0.1) is 0 Å². The number of rotatable bonds is 2. The van der Waals surface area contributed by atoms with Gasteiger partial charge in [-0.05, 0) is 27.2 Å². The van der Waals surface area contributed by atoms with Gasteiger partial charge >= 0.3 is 6.09 Å². The Kier molecular flexibility index (Phi) is 3.23. The fourth-order valence-electron chi connectivity index (χ4n) is 2.69. The number of primary amides is 1. The Morgan fingerprint density at radius 2 is 1.94 bits per heavy atom. The third-order valence-corrected chi connectivity index (χ3v) is 3.34. The molecule has 102 valence electrons. The van der Waals surface area contributed by atoms with E-state index in [1.165, 1.54) is 0 Å². The first-order valence-corrected chi connectivity index (χ1v) is 6.28. The number of carbonyl (C=O) groups is 2. The number of nitrogens with two attached hydrogens (primary N) is 1. The van der Waals surface area contributed by atoms with E-state index in [0.717, 1.165) is 6.42 Å². The minimum Gasteiger partial charge on any atom is -0.444 e. The van der Waals surface area contributed by atoms with E-state index in [9.17, 15) is 9.59 Å². The first-order chi connectivity index (χ1) is 8.26. The molecular weight excluding hydrogens is 234 g/mol. The third-order valence-electron chi connectivity index (χ3n) is 3.34. The van der Waals surface area contributed by atoms with Crippen LogP contribution in [0.25, 0.3) is 0 Å². The maximum atomic E-state index is 12.0. The lowest BCUT2D eigenvalue weighted by atomic mass is 10.2. The molecular formula is C12H21N3O3. The van der Waals surface area contributed by atoms with Gasteiger partial charge in [0.1, 0.15) is 5.60 Å². The average molecular weight is 255 g/mol. The minimum absolute atomic E-state index is 0.157. The summed E-state index contributed by atoms with van der Waals surface area (Å²) in [6.07, 6.45) is 0.653. The van der Waals surface area contributed by atoms with E-state index in [2.05, 4.69) is 0 Å². The summed E-state index contributed by atoms with van der Waals surface area (Å²) in [6.45, 7) is 7.21. The minimum atomic E-state index is -0.466. The zero-order chi connectivity index (χ0) is 13.5. The molecule has 2 N–H and O–H groups in total. The summed E-state index contributed by atoms with van der Waals surface area (Å²) >= 11 is 0. The highest BCUT2D eigenvalue weighted by atomic mass is 16.6. The number of hydrogen-bond acceptors (Lipinski definition) is 4. The highest BCUT2D eigenvalue weighted by molar-refractivity contribution is 5.76. The van der Waals surface area contributed by atoms with Crippen molar-refractivity contribution in [3.05, 3.63) is 0 Å². The van der Waals surface area contributed by atoms with E-state index in [1.54, 1.807) is 4.90 Å². The molecule has 0 aliphatic carbocycles. The Balaban J connectivity index is 1.91. The molecule has 0 radical (unpaired) electrons. The Bertz CT molecular complexity index is 364. The fraction of sp³-hybridized carbons (Fsp3) is 0.833. The number of nitrogens with zero attached hydrogens (tertiary/aromatic N) is 2. The van der Waals surface area contributed by atoms with Gasteiger partial charge in [0.25, 0.3) is 0 Å². The molecule has 6 nitrogen and oxygen atoms in total. The maximum Gasteiger partial charge on any atom is 0.410 e. The van der Waals surface area contributed by atoms with E-state index < -0.39 is 5.60 Å². The van der Waals surface area contributed by atoms with Gasteiger partial charge in [0.2, 0.25) is 5.91 Å². The number of hydrogen-bond donors (Lipinski definition) is 1. The predicted molar refractivity (Wildman–Crippen MR) is 65.9 cm³/mol. The second-order valence-corrected chi connectivity index (χ2v) is 6.07. The van der Waals surface area contributed by atoms with Crippen LogP contribution >= 0.6 is 0 Å². The van der Waals surface area contributed by atoms with Crippen LogP contribution in [0.15, 0.2) is 0 Å². The van der Waals surface area contributed by atoms with E-state index in [1.807, 2.05) is 25.7 Å². The zero-order valence-corrected chi connectivity index (χ0v) is 11.2. The van der Waals surface area contributed by atoms with Crippen LogP contribution in [-0.4, -0.2) is 59.1 Å². The van der Waals surface area contributed by atoms with Gasteiger partial charge in [-0.3, -0.25) is 9.69 Å². The number of amides is 2. The number of ether oxygens (including phenoxy) is 1. The fourth-order valence-corrected chi connectivity index (χ4v) is 2.69. The van der Waals surface area contributed by atoms with Crippen LogP contribution in [0.5, 0.6) is 0 Å². The molecule has 2 amide bonds. The molecule has 2 rings (SSSR count). The van der Waals surface area contributed by atoms with Gasteiger partial charge in [-0.2, -0.15) is 0 Å². The summed E-state index contributed by atoms with van der Waals surface area (Å²) in [7, 11) is 0. The first kappa shape index (κ1) is 13.1. The van der Waals surface area contributed by atoms with Crippen molar-refractivity contribution in [3.63, 3.8) is 0 Å². The molecule has 0 aromatic rings. The van der Waals surface area contributed by atoms with Crippen molar-refractivity contribution in [3.8, 4) is 0 Å².